The van der Waals surface area contributed by atoms with Crippen LogP contribution in [0.5, 0.6) is 0 Å². The maximum absolute atomic E-state index is 10.6. The van der Waals surface area contributed by atoms with E-state index >= 15 is 0 Å². The average Bonchev–Trinajstić information content (AvgIpc) is 2.15. The van der Waals surface area contributed by atoms with Gasteiger partial charge in [0.1, 0.15) is 0 Å². The lowest BCUT2D eigenvalue weighted by atomic mass is 10.1. The van der Waals surface area contributed by atoms with Crippen LogP contribution in [0.2, 0.25) is 0 Å². The number of alkyl halides is 1. The third-order valence-corrected chi connectivity index (χ3v) is 2.00. The number of carbonyl (C=O) groups excluding carboxylic acids is 1. The summed E-state index contributed by atoms with van der Waals surface area (Å²) in [5.41, 5.74) is 2.15. The van der Waals surface area contributed by atoms with E-state index in [2.05, 4.69) is 5.32 Å². The molecule has 0 aromatic heterocycles. The molecule has 0 heterocycles. The van der Waals surface area contributed by atoms with Gasteiger partial charge in [-0.05, 0) is 11.1 Å². The summed E-state index contributed by atoms with van der Waals surface area (Å²) in [7, 11) is 0. The van der Waals surface area contributed by atoms with E-state index in [9.17, 15) is 4.79 Å². The molecule has 1 amide bonds. The zero-order valence-electron chi connectivity index (χ0n) is 7.51. The minimum Gasteiger partial charge on any atom is -0.352 e. The Morgan fingerprint density at radius 1 is 1.46 bits per heavy atom. The summed E-state index contributed by atoms with van der Waals surface area (Å²) in [6, 6.07) is 7.86. The fourth-order valence-corrected chi connectivity index (χ4v) is 1.22. The highest BCUT2D eigenvalue weighted by Crippen LogP contribution is 2.07. The Bertz CT molecular complexity index is 299. The van der Waals surface area contributed by atoms with Gasteiger partial charge < -0.3 is 5.32 Å². The minimum absolute atomic E-state index is 0.0173. The molecule has 3 heteroatoms. The van der Waals surface area contributed by atoms with Crippen LogP contribution in [0.1, 0.15) is 18.1 Å². The van der Waals surface area contributed by atoms with Crippen LogP contribution >= 0.6 is 11.6 Å². The maximum atomic E-state index is 10.6. The van der Waals surface area contributed by atoms with E-state index in [1.54, 1.807) is 0 Å². The normalized spacial score (nSPS) is 9.69. The van der Waals surface area contributed by atoms with Crippen LogP contribution in [0.15, 0.2) is 24.3 Å². The third-order valence-electron chi connectivity index (χ3n) is 1.69. The van der Waals surface area contributed by atoms with E-state index in [-0.39, 0.29) is 5.91 Å². The number of halogens is 1. The Morgan fingerprint density at radius 2 is 2.15 bits per heavy atom. The first kappa shape index (κ1) is 10.1. The molecule has 0 bridgehead atoms. The van der Waals surface area contributed by atoms with Crippen LogP contribution < -0.4 is 5.32 Å². The Labute approximate surface area is 82.9 Å². The molecule has 0 aliphatic heterocycles. The molecule has 0 aliphatic rings. The molecule has 1 rings (SSSR count). The van der Waals surface area contributed by atoms with Gasteiger partial charge in [-0.3, -0.25) is 4.79 Å². The molecule has 13 heavy (non-hydrogen) atoms. The van der Waals surface area contributed by atoms with Crippen LogP contribution in [0.4, 0.5) is 0 Å². The van der Waals surface area contributed by atoms with Crippen LogP contribution in [0.25, 0.3) is 0 Å². The highest BCUT2D eigenvalue weighted by molar-refractivity contribution is 6.17. The molecule has 1 aromatic carbocycles. The first-order valence-electron chi connectivity index (χ1n) is 4.10. The molecule has 0 saturated carbocycles. The van der Waals surface area contributed by atoms with Crippen molar-refractivity contribution in [3.8, 4) is 0 Å². The van der Waals surface area contributed by atoms with E-state index in [0.717, 1.165) is 11.1 Å². The fourth-order valence-electron chi connectivity index (χ4n) is 1.05. The van der Waals surface area contributed by atoms with Gasteiger partial charge >= 0.3 is 0 Å². The van der Waals surface area contributed by atoms with Crippen molar-refractivity contribution in [2.24, 2.45) is 0 Å². The van der Waals surface area contributed by atoms with Crippen molar-refractivity contribution in [2.75, 3.05) is 0 Å². The highest BCUT2D eigenvalue weighted by atomic mass is 35.5. The van der Waals surface area contributed by atoms with Crippen LogP contribution in [0, 0.1) is 0 Å². The molecule has 0 atom stereocenters. The number of benzene rings is 1. The Balaban J connectivity index is 2.61. The molecule has 1 N–H and O–H groups in total. The zero-order chi connectivity index (χ0) is 9.68. The topological polar surface area (TPSA) is 29.1 Å². The lowest BCUT2D eigenvalue weighted by molar-refractivity contribution is -0.119. The fraction of sp³-hybridized carbons (Fsp3) is 0.300. The Hall–Kier alpha value is -1.02. The van der Waals surface area contributed by atoms with Crippen molar-refractivity contribution in [2.45, 2.75) is 19.3 Å². The monoisotopic (exact) mass is 197 g/mol. The van der Waals surface area contributed by atoms with Gasteiger partial charge in [-0.25, -0.2) is 0 Å². The summed E-state index contributed by atoms with van der Waals surface area (Å²) < 4.78 is 0. The minimum atomic E-state index is -0.0173. The van der Waals surface area contributed by atoms with Gasteiger partial charge in [0.15, 0.2) is 0 Å². The standard InChI is InChI=1S/C10H12ClNO/c1-8(13)12-7-10-4-2-3-9(5-10)6-11/h2-5H,6-7H2,1H3,(H,12,13). The molecular weight excluding hydrogens is 186 g/mol. The van der Waals surface area contributed by atoms with Crippen molar-refractivity contribution in [3.05, 3.63) is 35.4 Å². The quantitative estimate of drug-likeness (QED) is 0.739. The van der Waals surface area contributed by atoms with E-state index in [0.29, 0.717) is 12.4 Å². The lowest BCUT2D eigenvalue weighted by Crippen LogP contribution is -2.18. The second kappa shape index (κ2) is 4.87. The maximum Gasteiger partial charge on any atom is 0.217 e. The number of amides is 1. The molecule has 0 spiro atoms. The van der Waals surface area contributed by atoms with Crippen molar-refractivity contribution in [1.29, 1.82) is 0 Å². The SMILES string of the molecule is CC(=O)NCc1cccc(CCl)c1. The molecule has 0 aliphatic carbocycles. The molecular formula is C10H12ClNO. The number of rotatable bonds is 3. The second-order valence-corrected chi connectivity index (χ2v) is 3.13. The molecule has 0 radical (unpaired) electrons. The van der Waals surface area contributed by atoms with Gasteiger partial charge in [0.05, 0.1) is 0 Å². The average molecular weight is 198 g/mol. The number of nitrogens with one attached hydrogen (secondary N) is 1. The molecule has 0 unspecified atom stereocenters. The van der Waals surface area contributed by atoms with Crippen LogP contribution in [-0.2, 0) is 17.2 Å². The van der Waals surface area contributed by atoms with Gasteiger partial charge in [0, 0.05) is 19.3 Å². The molecule has 2 nitrogen and oxygen atoms in total. The second-order valence-electron chi connectivity index (χ2n) is 2.86. The largest absolute Gasteiger partial charge is 0.352 e. The summed E-state index contributed by atoms with van der Waals surface area (Å²) in [6.07, 6.45) is 0. The Kier molecular flexibility index (Phi) is 3.77. The molecule has 0 fully saturated rings. The number of hydrogen-bond acceptors (Lipinski definition) is 1. The van der Waals surface area contributed by atoms with Gasteiger partial charge in [-0.2, -0.15) is 0 Å². The van der Waals surface area contributed by atoms with Crippen LogP contribution in [-0.4, -0.2) is 5.91 Å². The number of carbonyl (C=O) groups is 1. The predicted octanol–water partition coefficient (Wildman–Crippen LogP) is 2.06. The summed E-state index contributed by atoms with van der Waals surface area (Å²) >= 11 is 5.67. The van der Waals surface area contributed by atoms with Crippen molar-refractivity contribution in [1.82, 2.24) is 5.32 Å². The Morgan fingerprint density at radius 3 is 2.77 bits per heavy atom. The van der Waals surface area contributed by atoms with Gasteiger partial charge in [-0.1, -0.05) is 24.3 Å². The van der Waals surface area contributed by atoms with Gasteiger partial charge in [-0.15, -0.1) is 11.6 Å². The third kappa shape index (κ3) is 3.47. The summed E-state index contributed by atoms with van der Waals surface area (Å²) in [6.45, 7) is 2.07. The number of hydrogen-bond donors (Lipinski definition) is 1. The first-order chi connectivity index (χ1) is 6.22. The van der Waals surface area contributed by atoms with E-state index < -0.39 is 0 Å². The van der Waals surface area contributed by atoms with Gasteiger partial charge in [0.2, 0.25) is 5.91 Å². The first-order valence-corrected chi connectivity index (χ1v) is 4.64. The van der Waals surface area contributed by atoms with Crippen LogP contribution in [0.3, 0.4) is 0 Å². The molecule has 1 aromatic rings. The zero-order valence-corrected chi connectivity index (χ0v) is 8.27. The van der Waals surface area contributed by atoms with Crippen molar-refractivity contribution in [3.63, 3.8) is 0 Å². The predicted molar refractivity (Wildman–Crippen MR) is 53.5 cm³/mol. The smallest absolute Gasteiger partial charge is 0.217 e. The summed E-state index contributed by atoms with van der Waals surface area (Å²) in [5.74, 6) is 0.491. The summed E-state index contributed by atoms with van der Waals surface area (Å²) in [5, 5.41) is 2.73. The van der Waals surface area contributed by atoms with Crippen molar-refractivity contribution >= 4 is 17.5 Å². The van der Waals surface area contributed by atoms with E-state index in [1.165, 1.54) is 6.92 Å². The highest BCUT2D eigenvalue weighted by Gasteiger charge is 1.95. The molecule has 70 valence electrons. The van der Waals surface area contributed by atoms with Gasteiger partial charge in [0.25, 0.3) is 0 Å². The van der Waals surface area contributed by atoms with E-state index in [4.69, 9.17) is 11.6 Å². The lowest BCUT2D eigenvalue weighted by Gasteiger charge is -2.03. The molecule has 0 saturated heterocycles. The summed E-state index contributed by atoms with van der Waals surface area (Å²) in [4.78, 5) is 10.6. The van der Waals surface area contributed by atoms with E-state index in [1.807, 2.05) is 24.3 Å². The van der Waals surface area contributed by atoms with Crippen molar-refractivity contribution < 1.29 is 4.79 Å².